The zero-order valence-electron chi connectivity index (χ0n) is 16.8. The molecule has 0 spiro atoms. The Hall–Kier alpha value is -2.60. The number of aliphatic imine (C=N–C) groups is 1. The molecule has 0 bridgehead atoms. The molecule has 28 heavy (non-hydrogen) atoms. The summed E-state index contributed by atoms with van der Waals surface area (Å²) in [6, 6.07) is 7.08. The number of guanidine groups is 1. The van der Waals surface area contributed by atoms with E-state index in [0.717, 1.165) is 5.56 Å². The number of alkyl carbamates (subject to hydrolysis) is 2. The van der Waals surface area contributed by atoms with Crippen molar-refractivity contribution >= 4 is 34.1 Å². The highest BCUT2D eigenvalue weighted by atomic mass is 79.9. The fourth-order valence-electron chi connectivity index (χ4n) is 1.82. The second kappa shape index (κ2) is 9.55. The van der Waals surface area contributed by atoms with Crippen molar-refractivity contribution in [2.75, 3.05) is 0 Å². The molecule has 0 aliphatic carbocycles. The van der Waals surface area contributed by atoms with E-state index in [-0.39, 0.29) is 12.5 Å². The van der Waals surface area contributed by atoms with Crippen LogP contribution in [0.4, 0.5) is 9.59 Å². The summed E-state index contributed by atoms with van der Waals surface area (Å²) in [6.07, 6.45) is -1.53. The Morgan fingerprint density at radius 1 is 1.07 bits per heavy atom. The average Bonchev–Trinajstić information content (AvgIpc) is 2.49. The molecule has 0 heterocycles. The summed E-state index contributed by atoms with van der Waals surface area (Å²) in [4.78, 5) is 28.3. The number of amides is 2. The number of nitriles is 1. The third-order valence-corrected chi connectivity index (χ3v) is 3.57. The van der Waals surface area contributed by atoms with Gasteiger partial charge in [0.05, 0.1) is 18.2 Å². The van der Waals surface area contributed by atoms with Gasteiger partial charge in [0.15, 0.2) is 0 Å². The summed E-state index contributed by atoms with van der Waals surface area (Å²) in [7, 11) is 0. The minimum atomic E-state index is -0.763. The van der Waals surface area contributed by atoms with Crippen molar-refractivity contribution in [2.45, 2.75) is 59.3 Å². The van der Waals surface area contributed by atoms with Crippen molar-refractivity contribution in [3.8, 4) is 6.07 Å². The monoisotopic (exact) mass is 452 g/mol. The third-order valence-electron chi connectivity index (χ3n) is 2.83. The Morgan fingerprint density at radius 2 is 1.57 bits per heavy atom. The van der Waals surface area contributed by atoms with Gasteiger partial charge in [0, 0.05) is 4.47 Å². The highest BCUT2D eigenvalue weighted by molar-refractivity contribution is 9.10. The summed E-state index contributed by atoms with van der Waals surface area (Å²) < 4.78 is 11.1. The molecule has 1 aromatic rings. The van der Waals surface area contributed by atoms with Gasteiger partial charge in [-0.3, -0.25) is 10.6 Å². The highest BCUT2D eigenvalue weighted by Gasteiger charge is 2.21. The van der Waals surface area contributed by atoms with E-state index in [9.17, 15) is 9.59 Å². The SMILES string of the molecule is CC(C)(C)OC(=O)NC(=NCc1ccc(C#N)cc1Br)NC(=O)OC(C)(C)C. The number of hydrogen-bond acceptors (Lipinski definition) is 6. The molecule has 0 saturated heterocycles. The summed E-state index contributed by atoms with van der Waals surface area (Å²) in [6.45, 7) is 10.5. The molecule has 0 aliphatic rings. The van der Waals surface area contributed by atoms with E-state index < -0.39 is 23.4 Å². The van der Waals surface area contributed by atoms with Crippen molar-refractivity contribution in [3.63, 3.8) is 0 Å². The molecule has 1 rings (SSSR count). The van der Waals surface area contributed by atoms with Crippen LogP contribution in [0, 0.1) is 11.3 Å². The van der Waals surface area contributed by atoms with E-state index >= 15 is 0 Å². The topological polar surface area (TPSA) is 113 Å². The quantitative estimate of drug-likeness (QED) is 0.514. The van der Waals surface area contributed by atoms with Crippen molar-refractivity contribution in [1.82, 2.24) is 10.6 Å². The molecule has 0 aromatic heterocycles. The molecule has 152 valence electrons. The number of carbonyl (C=O) groups excluding carboxylic acids is 2. The van der Waals surface area contributed by atoms with E-state index in [0.29, 0.717) is 10.0 Å². The van der Waals surface area contributed by atoms with Gasteiger partial charge in [-0.05, 0) is 59.2 Å². The molecule has 2 N–H and O–H groups in total. The van der Waals surface area contributed by atoms with E-state index in [1.165, 1.54) is 0 Å². The number of nitrogens with one attached hydrogen (secondary N) is 2. The Kier molecular flexibility index (Phi) is 8.00. The van der Waals surface area contributed by atoms with Crippen molar-refractivity contribution < 1.29 is 19.1 Å². The molecule has 0 aliphatic heterocycles. The fourth-order valence-corrected chi connectivity index (χ4v) is 2.32. The Morgan fingerprint density at radius 3 is 1.96 bits per heavy atom. The van der Waals surface area contributed by atoms with Crippen LogP contribution in [-0.2, 0) is 16.0 Å². The van der Waals surface area contributed by atoms with Crippen LogP contribution in [0.1, 0.15) is 52.7 Å². The van der Waals surface area contributed by atoms with Gasteiger partial charge in [-0.25, -0.2) is 14.6 Å². The molecule has 0 atom stereocenters. The zero-order chi connectivity index (χ0) is 21.5. The van der Waals surface area contributed by atoms with Gasteiger partial charge in [0.2, 0.25) is 5.96 Å². The van der Waals surface area contributed by atoms with Crippen LogP contribution in [0.15, 0.2) is 27.7 Å². The van der Waals surface area contributed by atoms with Crippen LogP contribution in [-0.4, -0.2) is 29.3 Å². The molecule has 2 amide bonds. The van der Waals surface area contributed by atoms with Gasteiger partial charge in [-0.2, -0.15) is 5.26 Å². The number of rotatable bonds is 2. The molecule has 8 nitrogen and oxygen atoms in total. The van der Waals surface area contributed by atoms with Gasteiger partial charge in [0.1, 0.15) is 11.2 Å². The van der Waals surface area contributed by atoms with E-state index in [1.807, 2.05) is 6.07 Å². The first kappa shape index (κ1) is 23.4. The standard InChI is InChI=1S/C19H25BrN4O4/c1-18(2,3)27-16(25)23-15(24-17(26)28-19(4,5)6)22-11-13-8-7-12(10-21)9-14(13)20/h7-9H,11H2,1-6H3,(H2,22,23,24,25,26). The minimum Gasteiger partial charge on any atom is -0.444 e. The third kappa shape index (κ3) is 9.37. The molecule has 0 saturated carbocycles. The molecule has 0 fully saturated rings. The molecular weight excluding hydrogens is 428 g/mol. The molecule has 1 aromatic carbocycles. The first-order valence-corrected chi connectivity index (χ1v) is 9.31. The summed E-state index contributed by atoms with van der Waals surface area (Å²) >= 11 is 3.37. The van der Waals surface area contributed by atoms with Crippen LogP contribution >= 0.6 is 15.9 Å². The van der Waals surface area contributed by atoms with Gasteiger partial charge < -0.3 is 9.47 Å². The number of halogens is 1. The number of ether oxygens (including phenoxy) is 2. The van der Waals surface area contributed by atoms with E-state index in [2.05, 4.69) is 31.6 Å². The number of carbonyl (C=O) groups is 2. The smallest absolute Gasteiger partial charge is 0.414 e. The fraction of sp³-hybridized carbons (Fsp3) is 0.474. The van der Waals surface area contributed by atoms with Crippen LogP contribution in [0.3, 0.4) is 0 Å². The number of benzene rings is 1. The molecule has 0 unspecified atom stereocenters. The maximum Gasteiger partial charge on any atom is 0.414 e. The van der Waals surface area contributed by atoms with Gasteiger partial charge in [0.25, 0.3) is 0 Å². The highest BCUT2D eigenvalue weighted by Crippen LogP contribution is 2.19. The van der Waals surface area contributed by atoms with Crippen molar-refractivity contribution in [1.29, 1.82) is 5.26 Å². The summed E-state index contributed by atoms with van der Waals surface area (Å²) in [5.41, 5.74) is -0.166. The average molecular weight is 453 g/mol. The Balaban J connectivity index is 2.98. The summed E-state index contributed by atoms with van der Waals surface area (Å²) in [5, 5.41) is 13.8. The van der Waals surface area contributed by atoms with Crippen molar-refractivity contribution in [3.05, 3.63) is 33.8 Å². The van der Waals surface area contributed by atoms with Gasteiger partial charge in [-0.15, -0.1) is 0 Å². The lowest BCUT2D eigenvalue weighted by atomic mass is 10.1. The lowest BCUT2D eigenvalue weighted by Crippen LogP contribution is -2.47. The molecule has 0 radical (unpaired) electrons. The van der Waals surface area contributed by atoms with Crippen molar-refractivity contribution in [2.24, 2.45) is 4.99 Å². The van der Waals surface area contributed by atoms with Gasteiger partial charge in [-0.1, -0.05) is 22.0 Å². The largest absolute Gasteiger partial charge is 0.444 e. The molecular formula is C19H25BrN4O4. The summed E-state index contributed by atoms with van der Waals surface area (Å²) in [5.74, 6) is -0.111. The first-order valence-electron chi connectivity index (χ1n) is 8.52. The second-order valence-corrected chi connectivity index (χ2v) is 8.69. The van der Waals surface area contributed by atoms with Gasteiger partial charge >= 0.3 is 12.2 Å². The Labute approximate surface area is 173 Å². The minimum absolute atomic E-state index is 0.111. The predicted molar refractivity (Wildman–Crippen MR) is 109 cm³/mol. The maximum atomic E-state index is 12.0. The normalized spacial score (nSPS) is 11.1. The van der Waals surface area contributed by atoms with E-state index in [4.69, 9.17) is 14.7 Å². The first-order chi connectivity index (χ1) is 12.8. The lowest BCUT2D eigenvalue weighted by Gasteiger charge is -2.22. The predicted octanol–water partition coefficient (Wildman–Crippen LogP) is 4.23. The number of hydrogen-bond donors (Lipinski definition) is 2. The zero-order valence-corrected chi connectivity index (χ0v) is 18.4. The van der Waals surface area contributed by atoms with Crippen LogP contribution in [0.25, 0.3) is 0 Å². The van der Waals surface area contributed by atoms with E-state index in [1.54, 1.807) is 59.7 Å². The molecule has 9 heteroatoms. The Bertz CT molecular complexity index is 770. The number of nitrogens with zero attached hydrogens (tertiary/aromatic N) is 2. The second-order valence-electron chi connectivity index (χ2n) is 7.84. The van der Waals surface area contributed by atoms with Crippen LogP contribution in [0.5, 0.6) is 0 Å². The van der Waals surface area contributed by atoms with Crippen LogP contribution in [0.2, 0.25) is 0 Å². The lowest BCUT2D eigenvalue weighted by molar-refractivity contribution is 0.0545. The van der Waals surface area contributed by atoms with Crippen LogP contribution < -0.4 is 10.6 Å². The maximum absolute atomic E-state index is 12.0.